The molecule has 0 spiro atoms. The second-order valence-corrected chi connectivity index (χ2v) is 19.8. The van der Waals surface area contributed by atoms with E-state index in [4.69, 9.17) is 14.5 Å². The Labute approximate surface area is 385 Å². The standard InChI is InChI=1S/C26H25N5O3S.C23H18N4O4S/c1-17-3-11-21(12-4-17)35(32,33)30-14-13-22-26(30)28-15-23-25(18-5-9-20(34-2)10-6-18)29-24(31(22)23)16-27-19-7-8-19;1-15-3-9-18(10-4-15)32(29,30)26-12-11-19-23(26)24-13-20-22(25-21(14-28)27(19)20)16-5-7-17(31-2)8-6-16/h3-6,9-15,19,27H,7-8,16H2,1-2H3;3-14H,1-2H3. The second-order valence-electron chi connectivity index (χ2n) is 16.2. The molecule has 0 bridgehead atoms. The fourth-order valence-corrected chi connectivity index (χ4v) is 10.6. The topological polar surface area (TPSA) is 186 Å². The largest absolute Gasteiger partial charge is 0.497 e. The van der Waals surface area contributed by atoms with Crippen LogP contribution in [0, 0.1) is 13.8 Å². The van der Waals surface area contributed by atoms with Gasteiger partial charge in [-0.15, -0.1) is 0 Å². The second kappa shape index (κ2) is 17.0. The van der Waals surface area contributed by atoms with E-state index >= 15 is 0 Å². The predicted octanol–water partition coefficient (Wildman–Crippen LogP) is 7.87. The zero-order chi connectivity index (χ0) is 46.6. The number of aldehydes is 1. The maximum Gasteiger partial charge on any atom is 0.269 e. The van der Waals surface area contributed by atoms with Crippen molar-refractivity contribution in [3.05, 3.63) is 157 Å². The van der Waals surface area contributed by atoms with E-state index in [2.05, 4.69) is 20.3 Å². The molecule has 18 heteroatoms. The molecule has 11 rings (SSSR count). The Balaban J connectivity index is 0.000000157. The van der Waals surface area contributed by atoms with E-state index < -0.39 is 20.0 Å². The molecule has 1 N–H and O–H groups in total. The van der Waals surface area contributed by atoms with Crippen molar-refractivity contribution in [1.29, 1.82) is 0 Å². The van der Waals surface area contributed by atoms with E-state index in [9.17, 15) is 21.6 Å². The third-order valence-corrected chi connectivity index (χ3v) is 15.1. The summed E-state index contributed by atoms with van der Waals surface area (Å²) >= 11 is 0. The zero-order valence-electron chi connectivity index (χ0n) is 36.7. The van der Waals surface area contributed by atoms with Crippen LogP contribution in [0.3, 0.4) is 0 Å². The molecule has 1 fully saturated rings. The van der Waals surface area contributed by atoms with Gasteiger partial charge in [-0.2, -0.15) is 0 Å². The number of aromatic nitrogens is 8. The maximum absolute atomic E-state index is 13.4. The fourth-order valence-electron chi connectivity index (χ4n) is 8.00. The molecule has 338 valence electrons. The summed E-state index contributed by atoms with van der Waals surface area (Å²) in [6, 6.07) is 32.4. The highest BCUT2D eigenvalue weighted by Crippen LogP contribution is 2.33. The van der Waals surface area contributed by atoms with Crippen LogP contribution in [0.25, 0.3) is 55.9 Å². The maximum atomic E-state index is 13.4. The van der Waals surface area contributed by atoms with Gasteiger partial charge in [-0.3, -0.25) is 13.6 Å². The highest BCUT2D eigenvalue weighted by atomic mass is 32.2. The number of hydrogen-bond acceptors (Lipinski definition) is 12. The lowest BCUT2D eigenvalue weighted by Crippen LogP contribution is -2.17. The van der Waals surface area contributed by atoms with Crippen molar-refractivity contribution >= 4 is 59.7 Å². The van der Waals surface area contributed by atoms with Gasteiger partial charge in [0.25, 0.3) is 20.0 Å². The zero-order valence-corrected chi connectivity index (χ0v) is 38.4. The van der Waals surface area contributed by atoms with Crippen molar-refractivity contribution < 1.29 is 31.1 Å². The molecule has 10 aromatic rings. The van der Waals surface area contributed by atoms with Crippen molar-refractivity contribution in [2.75, 3.05) is 14.2 Å². The van der Waals surface area contributed by atoms with E-state index in [-0.39, 0.29) is 21.3 Å². The van der Waals surface area contributed by atoms with Crippen LogP contribution < -0.4 is 14.8 Å². The number of benzene rings is 4. The van der Waals surface area contributed by atoms with Gasteiger partial charge in [0, 0.05) is 29.6 Å². The fraction of sp³-hybridized carbons (Fsp3) is 0.163. The lowest BCUT2D eigenvalue weighted by atomic mass is 10.1. The Morgan fingerprint density at radius 3 is 1.49 bits per heavy atom. The number of aryl methyl sites for hydroxylation is 2. The Morgan fingerprint density at radius 1 is 0.597 bits per heavy atom. The number of methoxy groups -OCH3 is 2. The Morgan fingerprint density at radius 2 is 1.04 bits per heavy atom. The van der Waals surface area contributed by atoms with Crippen LogP contribution in [0.4, 0.5) is 0 Å². The number of fused-ring (bicyclic) bond motifs is 6. The van der Waals surface area contributed by atoms with Crippen molar-refractivity contribution in [2.24, 2.45) is 0 Å². The molecule has 6 heterocycles. The number of hydrogen-bond donors (Lipinski definition) is 1. The van der Waals surface area contributed by atoms with Crippen LogP contribution in [0.15, 0.2) is 144 Å². The number of nitrogens with zero attached hydrogens (tertiary/aromatic N) is 8. The SMILES string of the molecule is COc1ccc(-c2nc(C=O)n3c2cnc2c3ccn2S(=O)(=O)c2ccc(C)cc2)cc1.COc1ccc(-c2nc(CNC3CC3)n3c2cnc2c3ccn2S(=O)(=O)c2ccc(C)cc2)cc1. The van der Waals surface area contributed by atoms with Gasteiger partial charge >= 0.3 is 0 Å². The Hall–Kier alpha value is -7.67. The van der Waals surface area contributed by atoms with Gasteiger partial charge in [0.15, 0.2) is 23.4 Å². The average Bonchev–Trinajstić information content (AvgIpc) is 3.64. The third kappa shape index (κ3) is 7.77. The molecule has 0 radical (unpaired) electrons. The molecule has 4 aromatic carbocycles. The smallest absolute Gasteiger partial charge is 0.269 e. The van der Waals surface area contributed by atoms with E-state index in [0.717, 1.165) is 61.9 Å². The van der Waals surface area contributed by atoms with Gasteiger partial charge in [0.1, 0.15) is 17.3 Å². The lowest BCUT2D eigenvalue weighted by Gasteiger charge is -2.09. The molecule has 0 atom stereocenters. The van der Waals surface area contributed by atoms with Gasteiger partial charge < -0.3 is 14.8 Å². The minimum absolute atomic E-state index is 0.155. The van der Waals surface area contributed by atoms with Gasteiger partial charge in [0.05, 0.1) is 76.4 Å². The monoisotopic (exact) mass is 933 g/mol. The summed E-state index contributed by atoms with van der Waals surface area (Å²) in [4.78, 5) is 30.7. The highest BCUT2D eigenvalue weighted by Gasteiger charge is 2.26. The summed E-state index contributed by atoms with van der Waals surface area (Å²) in [7, 11) is -4.44. The molecule has 16 nitrogen and oxygen atoms in total. The first kappa shape index (κ1) is 43.2. The van der Waals surface area contributed by atoms with Crippen LogP contribution in [0.1, 0.15) is 40.4 Å². The van der Waals surface area contributed by atoms with Crippen LogP contribution >= 0.6 is 0 Å². The number of carbonyl (C=O) groups excluding carboxylic acids is 1. The number of carbonyl (C=O) groups is 1. The van der Waals surface area contributed by atoms with Crippen LogP contribution in [-0.2, 0) is 26.6 Å². The van der Waals surface area contributed by atoms with E-state index in [1.165, 1.54) is 16.4 Å². The van der Waals surface area contributed by atoms with Crippen molar-refractivity contribution in [3.63, 3.8) is 0 Å². The molecule has 0 aliphatic heterocycles. The van der Waals surface area contributed by atoms with Gasteiger partial charge in [0.2, 0.25) is 0 Å². The van der Waals surface area contributed by atoms with Crippen LogP contribution in [-0.4, -0.2) is 80.1 Å². The number of rotatable bonds is 12. The van der Waals surface area contributed by atoms with Crippen molar-refractivity contribution in [1.82, 2.24) is 42.0 Å². The van der Waals surface area contributed by atoms with E-state index in [0.29, 0.717) is 52.5 Å². The van der Waals surface area contributed by atoms with E-state index in [1.807, 2.05) is 54.6 Å². The number of imidazole rings is 2. The molecule has 0 amide bonds. The summed E-state index contributed by atoms with van der Waals surface area (Å²) in [6.45, 7) is 4.40. The normalized spacial score (nSPS) is 13.0. The van der Waals surface area contributed by atoms with Crippen LogP contribution in [0.5, 0.6) is 11.5 Å². The molecule has 1 aliphatic carbocycles. The molecular weight excluding hydrogens is 891 g/mol. The van der Waals surface area contributed by atoms with Gasteiger partial charge in [-0.05, 0) is 112 Å². The lowest BCUT2D eigenvalue weighted by molar-refractivity contribution is 0.111. The van der Waals surface area contributed by atoms with Crippen molar-refractivity contribution in [2.45, 2.75) is 49.1 Å². The quantitative estimate of drug-likeness (QED) is 0.117. The first-order valence-corrected chi connectivity index (χ1v) is 24.2. The minimum Gasteiger partial charge on any atom is -0.497 e. The summed E-state index contributed by atoms with van der Waals surface area (Å²) in [5.74, 6) is 2.44. The third-order valence-electron chi connectivity index (χ3n) is 11.7. The van der Waals surface area contributed by atoms with E-state index in [1.54, 1.807) is 104 Å². The molecule has 67 heavy (non-hydrogen) atoms. The summed E-state index contributed by atoms with van der Waals surface area (Å²) in [5.41, 5.74) is 8.19. The molecule has 0 unspecified atom stereocenters. The van der Waals surface area contributed by atoms with Crippen molar-refractivity contribution in [3.8, 4) is 34.0 Å². The molecule has 1 aliphatic rings. The highest BCUT2D eigenvalue weighted by molar-refractivity contribution is 7.90. The molecular formula is C49H43N9O7S2. The predicted molar refractivity (Wildman–Crippen MR) is 254 cm³/mol. The number of ether oxygens (including phenoxy) is 2. The summed E-state index contributed by atoms with van der Waals surface area (Å²) < 4.78 is 69.8. The summed E-state index contributed by atoms with van der Waals surface area (Å²) in [5, 5.41) is 3.53. The first-order valence-electron chi connectivity index (χ1n) is 21.3. The first-order chi connectivity index (χ1) is 32.4. The molecule has 0 saturated heterocycles. The minimum atomic E-state index is -3.86. The van der Waals surface area contributed by atoms with Gasteiger partial charge in [-0.1, -0.05) is 35.4 Å². The molecule has 6 aromatic heterocycles. The summed E-state index contributed by atoms with van der Waals surface area (Å²) in [6.07, 6.45) is 9.21. The Kier molecular flexibility index (Phi) is 10.9. The van der Waals surface area contributed by atoms with Crippen LogP contribution in [0.2, 0.25) is 0 Å². The Bertz CT molecular complexity index is 3720. The molecule has 1 saturated carbocycles. The van der Waals surface area contributed by atoms with Gasteiger partial charge in [-0.25, -0.2) is 44.7 Å². The average molecular weight is 934 g/mol. The number of nitrogens with one attached hydrogen (secondary N) is 1.